The largest absolute Gasteiger partial charge is 0.382 e. The van der Waals surface area contributed by atoms with Crippen molar-refractivity contribution in [1.29, 1.82) is 0 Å². The summed E-state index contributed by atoms with van der Waals surface area (Å²) in [5.74, 6) is -0.564. The topological polar surface area (TPSA) is 41.6 Å². The van der Waals surface area contributed by atoms with E-state index < -0.39 is 5.82 Å². The van der Waals surface area contributed by atoms with Crippen LogP contribution in [-0.4, -0.2) is 43.7 Å². The van der Waals surface area contributed by atoms with Crippen molar-refractivity contribution in [3.63, 3.8) is 0 Å². The number of hydrogen-bond acceptors (Lipinski definition) is 3. The number of likely N-dealkylation sites (N-methyl/N-ethyl adjacent to an activating group) is 1. The van der Waals surface area contributed by atoms with Crippen LogP contribution < -0.4 is 5.32 Å². The lowest BCUT2D eigenvalue weighted by molar-refractivity contribution is 0.0669. The third kappa shape index (κ3) is 5.01. The molecule has 0 radical (unpaired) electrons. The van der Waals surface area contributed by atoms with Gasteiger partial charge in [0, 0.05) is 26.2 Å². The molecular formula is C16H25FN2O2. The molecule has 0 atom stereocenters. The van der Waals surface area contributed by atoms with Crippen LogP contribution in [-0.2, 0) is 4.74 Å². The predicted octanol–water partition coefficient (Wildman–Crippen LogP) is 3.15. The molecule has 0 aliphatic rings. The van der Waals surface area contributed by atoms with Crippen LogP contribution in [0.25, 0.3) is 0 Å². The maximum absolute atomic E-state index is 13.9. The maximum atomic E-state index is 13.9. The van der Waals surface area contributed by atoms with Gasteiger partial charge in [-0.3, -0.25) is 4.79 Å². The zero-order valence-electron chi connectivity index (χ0n) is 13.1. The van der Waals surface area contributed by atoms with Gasteiger partial charge in [-0.25, -0.2) is 4.39 Å². The van der Waals surface area contributed by atoms with E-state index in [9.17, 15) is 9.18 Å². The van der Waals surface area contributed by atoms with E-state index in [1.54, 1.807) is 17.0 Å². The van der Waals surface area contributed by atoms with Crippen LogP contribution in [0.4, 0.5) is 10.1 Å². The molecule has 1 amide bonds. The zero-order valence-corrected chi connectivity index (χ0v) is 13.1. The molecule has 0 saturated carbocycles. The summed E-state index contributed by atoms with van der Waals surface area (Å²) < 4.78 is 19.2. The number of benzene rings is 1. The number of nitrogens with zero attached hydrogens (tertiary/aromatic N) is 1. The average molecular weight is 296 g/mol. The summed E-state index contributed by atoms with van der Waals surface area (Å²) in [4.78, 5) is 14.2. The van der Waals surface area contributed by atoms with Crippen LogP contribution >= 0.6 is 0 Å². The fourth-order valence-corrected chi connectivity index (χ4v) is 2.02. The van der Waals surface area contributed by atoms with Crippen molar-refractivity contribution >= 4 is 11.6 Å². The molecule has 0 saturated heterocycles. The lowest BCUT2D eigenvalue weighted by Crippen LogP contribution is -2.34. The Kier molecular flexibility index (Phi) is 7.75. The Balaban J connectivity index is 2.90. The number of anilines is 1. The maximum Gasteiger partial charge on any atom is 0.256 e. The van der Waals surface area contributed by atoms with Gasteiger partial charge in [0.25, 0.3) is 5.91 Å². The highest BCUT2D eigenvalue weighted by molar-refractivity contribution is 5.99. The first-order valence-corrected chi connectivity index (χ1v) is 7.55. The van der Waals surface area contributed by atoms with Gasteiger partial charge in [-0.05, 0) is 32.4 Å². The third-order valence-electron chi connectivity index (χ3n) is 3.17. The minimum Gasteiger partial charge on any atom is -0.382 e. The first-order chi connectivity index (χ1) is 10.2. The molecule has 1 aromatic carbocycles. The van der Waals surface area contributed by atoms with E-state index in [1.807, 2.05) is 20.8 Å². The number of carbonyl (C=O) groups excluding carboxylic acids is 1. The summed E-state index contributed by atoms with van der Waals surface area (Å²) in [6.45, 7) is 8.63. The number of hydrogen-bond donors (Lipinski definition) is 1. The van der Waals surface area contributed by atoms with Crippen LogP contribution in [0.2, 0.25) is 0 Å². The van der Waals surface area contributed by atoms with E-state index in [1.165, 1.54) is 6.07 Å². The van der Waals surface area contributed by atoms with Crippen LogP contribution in [0.15, 0.2) is 18.2 Å². The van der Waals surface area contributed by atoms with Crippen molar-refractivity contribution < 1.29 is 13.9 Å². The summed E-state index contributed by atoms with van der Waals surface area (Å²) in [6.07, 6.45) is 0.865. The van der Waals surface area contributed by atoms with Crippen molar-refractivity contribution in [2.75, 3.05) is 38.2 Å². The number of ether oxygens (including phenoxy) is 1. The van der Waals surface area contributed by atoms with Crippen LogP contribution in [0.5, 0.6) is 0 Å². The molecule has 0 aromatic heterocycles. The number of halogens is 1. The SMILES string of the molecule is CCCNc1c(F)cccc1C(=O)N(CC)CCOCC. The van der Waals surface area contributed by atoms with Crippen LogP contribution in [0, 0.1) is 5.82 Å². The Bertz CT molecular complexity index is 452. The van der Waals surface area contributed by atoms with Gasteiger partial charge in [-0.15, -0.1) is 0 Å². The zero-order chi connectivity index (χ0) is 15.7. The Hall–Kier alpha value is -1.62. The molecule has 0 aliphatic heterocycles. The van der Waals surface area contributed by atoms with Gasteiger partial charge in [0.2, 0.25) is 0 Å². The van der Waals surface area contributed by atoms with Crippen molar-refractivity contribution in [1.82, 2.24) is 4.90 Å². The molecule has 1 aromatic rings. The summed E-state index contributed by atoms with van der Waals surface area (Å²) in [5.41, 5.74) is 0.668. The Labute approximate surface area is 126 Å². The van der Waals surface area contributed by atoms with Crippen LogP contribution in [0.1, 0.15) is 37.6 Å². The second-order valence-electron chi connectivity index (χ2n) is 4.67. The van der Waals surface area contributed by atoms with Gasteiger partial charge in [0.05, 0.1) is 17.9 Å². The smallest absolute Gasteiger partial charge is 0.256 e. The van der Waals surface area contributed by atoms with E-state index in [2.05, 4.69) is 5.32 Å². The summed E-state index contributed by atoms with van der Waals surface area (Å²) in [6, 6.07) is 4.59. The van der Waals surface area contributed by atoms with Crippen molar-refractivity contribution in [3.05, 3.63) is 29.6 Å². The van der Waals surface area contributed by atoms with E-state index in [-0.39, 0.29) is 5.91 Å². The minimum absolute atomic E-state index is 0.171. The lowest BCUT2D eigenvalue weighted by Gasteiger charge is -2.22. The fourth-order valence-electron chi connectivity index (χ4n) is 2.02. The second kappa shape index (κ2) is 9.34. The highest BCUT2D eigenvalue weighted by Crippen LogP contribution is 2.21. The molecule has 0 unspecified atom stereocenters. The van der Waals surface area contributed by atoms with Gasteiger partial charge in [0.1, 0.15) is 5.82 Å². The molecule has 1 rings (SSSR count). The first-order valence-electron chi connectivity index (χ1n) is 7.55. The molecular weight excluding hydrogens is 271 g/mol. The molecule has 118 valence electrons. The van der Waals surface area contributed by atoms with E-state index >= 15 is 0 Å². The van der Waals surface area contributed by atoms with E-state index in [0.717, 1.165) is 6.42 Å². The molecule has 1 N–H and O–H groups in total. The van der Waals surface area contributed by atoms with Crippen molar-refractivity contribution in [3.8, 4) is 0 Å². The molecule has 0 spiro atoms. The molecule has 4 nitrogen and oxygen atoms in total. The van der Waals surface area contributed by atoms with Gasteiger partial charge in [-0.2, -0.15) is 0 Å². The molecule has 5 heteroatoms. The summed E-state index contributed by atoms with van der Waals surface area (Å²) in [7, 11) is 0. The molecule has 0 fully saturated rings. The monoisotopic (exact) mass is 296 g/mol. The third-order valence-corrected chi connectivity index (χ3v) is 3.17. The number of nitrogens with one attached hydrogen (secondary N) is 1. The molecule has 0 bridgehead atoms. The number of rotatable bonds is 9. The van der Waals surface area contributed by atoms with E-state index in [4.69, 9.17) is 4.74 Å². The Morgan fingerprint density at radius 3 is 2.71 bits per heavy atom. The summed E-state index contributed by atoms with van der Waals surface area (Å²) >= 11 is 0. The van der Waals surface area contributed by atoms with Crippen LogP contribution in [0.3, 0.4) is 0 Å². The Morgan fingerprint density at radius 2 is 2.10 bits per heavy atom. The van der Waals surface area contributed by atoms with Gasteiger partial charge < -0.3 is 15.0 Å². The number of amides is 1. The molecule has 0 heterocycles. The predicted molar refractivity (Wildman–Crippen MR) is 83.3 cm³/mol. The first kappa shape index (κ1) is 17.4. The standard InChI is InChI=1S/C16H25FN2O2/c1-4-10-18-15-13(8-7-9-14(15)17)16(20)19(5-2)11-12-21-6-3/h7-9,18H,4-6,10-12H2,1-3H3. The Morgan fingerprint density at radius 1 is 1.33 bits per heavy atom. The van der Waals surface area contributed by atoms with Gasteiger partial charge in [0.15, 0.2) is 0 Å². The average Bonchev–Trinajstić information content (AvgIpc) is 2.49. The second-order valence-corrected chi connectivity index (χ2v) is 4.67. The minimum atomic E-state index is -0.393. The van der Waals surface area contributed by atoms with Crippen molar-refractivity contribution in [2.45, 2.75) is 27.2 Å². The normalized spacial score (nSPS) is 10.5. The van der Waals surface area contributed by atoms with Gasteiger partial charge in [-0.1, -0.05) is 13.0 Å². The highest BCUT2D eigenvalue weighted by atomic mass is 19.1. The number of para-hydroxylation sites is 1. The quantitative estimate of drug-likeness (QED) is 0.712. The molecule has 21 heavy (non-hydrogen) atoms. The van der Waals surface area contributed by atoms with Crippen molar-refractivity contribution in [2.24, 2.45) is 0 Å². The van der Waals surface area contributed by atoms with Gasteiger partial charge >= 0.3 is 0 Å². The molecule has 0 aliphatic carbocycles. The summed E-state index contributed by atoms with van der Waals surface area (Å²) in [5, 5.41) is 3.00. The lowest BCUT2D eigenvalue weighted by atomic mass is 10.1. The fraction of sp³-hybridized carbons (Fsp3) is 0.562. The number of carbonyl (C=O) groups is 1. The highest BCUT2D eigenvalue weighted by Gasteiger charge is 2.19. The van der Waals surface area contributed by atoms with E-state index in [0.29, 0.717) is 44.1 Å².